The minimum Gasteiger partial charge on any atom is -0.444 e. The van der Waals surface area contributed by atoms with E-state index in [0.717, 1.165) is 19.3 Å². The van der Waals surface area contributed by atoms with Crippen molar-refractivity contribution >= 4 is 11.9 Å². The van der Waals surface area contributed by atoms with E-state index in [1.807, 2.05) is 20.8 Å². The van der Waals surface area contributed by atoms with E-state index >= 15 is 0 Å². The second kappa shape index (κ2) is 5.55. The SMILES string of the molecule is C=C(C)C(=O)[C@H]1CCC[C@H]1NC(=O)OC(C)(C)C. The lowest BCUT2D eigenvalue weighted by molar-refractivity contribution is -0.119. The monoisotopic (exact) mass is 253 g/mol. The first-order valence-corrected chi connectivity index (χ1v) is 6.40. The number of hydrogen-bond acceptors (Lipinski definition) is 3. The highest BCUT2D eigenvalue weighted by Crippen LogP contribution is 2.28. The van der Waals surface area contributed by atoms with Crippen LogP contribution in [-0.2, 0) is 9.53 Å². The molecule has 1 aliphatic rings. The molecule has 1 fully saturated rings. The van der Waals surface area contributed by atoms with Crippen LogP contribution in [0.15, 0.2) is 12.2 Å². The largest absolute Gasteiger partial charge is 0.444 e. The quantitative estimate of drug-likeness (QED) is 0.787. The zero-order valence-corrected chi connectivity index (χ0v) is 11.7. The molecule has 0 spiro atoms. The van der Waals surface area contributed by atoms with Crippen molar-refractivity contribution in [2.24, 2.45) is 5.92 Å². The van der Waals surface area contributed by atoms with Gasteiger partial charge in [-0.2, -0.15) is 0 Å². The minimum atomic E-state index is -0.517. The Hall–Kier alpha value is -1.32. The molecule has 0 aromatic heterocycles. The number of alkyl carbamates (subject to hydrolysis) is 1. The number of ether oxygens (including phenoxy) is 1. The van der Waals surface area contributed by atoms with Crippen LogP contribution in [0.25, 0.3) is 0 Å². The van der Waals surface area contributed by atoms with Crippen LogP contribution in [0.3, 0.4) is 0 Å². The van der Waals surface area contributed by atoms with E-state index < -0.39 is 11.7 Å². The Kier molecular flexibility index (Phi) is 4.54. The van der Waals surface area contributed by atoms with Gasteiger partial charge in [0.2, 0.25) is 0 Å². The first-order chi connectivity index (χ1) is 8.20. The molecule has 102 valence electrons. The Bertz CT molecular complexity index is 355. The van der Waals surface area contributed by atoms with Gasteiger partial charge in [0, 0.05) is 12.0 Å². The van der Waals surface area contributed by atoms with Crippen LogP contribution in [-0.4, -0.2) is 23.5 Å². The Balaban J connectivity index is 2.58. The van der Waals surface area contributed by atoms with Crippen LogP contribution in [0.5, 0.6) is 0 Å². The van der Waals surface area contributed by atoms with E-state index in [2.05, 4.69) is 11.9 Å². The summed E-state index contributed by atoms with van der Waals surface area (Å²) >= 11 is 0. The van der Waals surface area contributed by atoms with Gasteiger partial charge in [0.1, 0.15) is 5.60 Å². The maximum absolute atomic E-state index is 11.9. The molecule has 2 atom stereocenters. The first kappa shape index (κ1) is 14.7. The molecule has 0 radical (unpaired) electrons. The summed E-state index contributed by atoms with van der Waals surface area (Å²) in [6.45, 7) is 10.8. The molecule has 4 nitrogen and oxygen atoms in total. The number of carbonyl (C=O) groups excluding carboxylic acids is 2. The molecule has 1 aliphatic carbocycles. The molecule has 0 saturated heterocycles. The highest BCUT2D eigenvalue weighted by Gasteiger charge is 2.34. The fourth-order valence-electron chi connectivity index (χ4n) is 2.22. The van der Waals surface area contributed by atoms with Crippen LogP contribution in [0.4, 0.5) is 4.79 Å². The van der Waals surface area contributed by atoms with E-state index in [4.69, 9.17) is 4.74 Å². The third-order valence-electron chi connectivity index (χ3n) is 2.98. The summed E-state index contributed by atoms with van der Waals surface area (Å²) in [6.07, 6.45) is 2.13. The lowest BCUT2D eigenvalue weighted by Crippen LogP contribution is -2.43. The van der Waals surface area contributed by atoms with Gasteiger partial charge in [-0.25, -0.2) is 4.79 Å². The van der Waals surface area contributed by atoms with Crippen molar-refractivity contribution in [2.75, 3.05) is 0 Å². The summed E-state index contributed by atoms with van der Waals surface area (Å²) in [5, 5.41) is 2.80. The van der Waals surface area contributed by atoms with Crippen LogP contribution < -0.4 is 5.32 Å². The summed E-state index contributed by atoms with van der Waals surface area (Å²) in [7, 11) is 0. The normalized spacial score (nSPS) is 23.6. The molecule has 1 rings (SSSR count). The predicted octanol–water partition coefficient (Wildman–Crippen LogP) is 2.83. The summed E-state index contributed by atoms with van der Waals surface area (Å²) in [4.78, 5) is 23.6. The number of rotatable bonds is 3. The van der Waals surface area contributed by atoms with Crippen molar-refractivity contribution in [3.63, 3.8) is 0 Å². The molecule has 1 amide bonds. The fourth-order valence-corrected chi connectivity index (χ4v) is 2.22. The van der Waals surface area contributed by atoms with Crippen molar-refractivity contribution in [3.05, 3.63) is 12.2 Å². The topological polar surface area (TPSA) is 55.4 Å². The maximum atomic E-state index is 11.9. The van der Waals surface area contributed by atoms with Gasteiger partial charge in [-0.15, -0.1) is 0 Å². The number of allylic oxidation sites excluding steroid dienone is 1. The first-order valence-electron chi connectivity index (χ1n) is 6.40. The van der Waals surface area contributed by atoms with E-state index in [0.29, 0.717) is 5.57 Å². The summed E-state index contributed by atoms with van der Waals surface area (Å²) in [5.41, 5.74) is 0.0363. The zero-order chi connectivity index (χ0) is 13.9. The van der Waals surface area contributed by atoms with Gasteiger partial charge in [0.15, 0.2) is 5.78 Å². The number of hydrogen-bond donors (Lipinski definition) is 1. The van der Waals surface area contributed by atoms with Crippen LogP contribution in [0.2, 0.25) is 0 Å². The van der Waals surface area contributed by atoms with Gasteiger partial charge < -0.3 is 10.1 Å². The highest BCUT2D eigenvalue weighted by molar-refractivity contribution is 5.96. The number of amides is 1. The molecule has 0 aliphatic heterocycles. The Morgan fingerprint density at radius 1 is 1.28 bits per heavy atom. The molecular formula is C14H23NO3. The number of ketones is 1. The molecule has 0 heterocycles. The van der Waals surface area contributed by atoms with E-state index in [-0.39, 0.29) is 17.7 Å². The standard InChI is InChI=1S/C14H23NO3/c1-9(2)12(16)10-7-6-8-11(10)15-13(17)18-14(3,4)5/h10-11H,1,6-8H2,2-5H3,(H,15,17)/t10-,11+/m0/s1. The van der Waals surface area contributed by atoms with Gasteiger partial charge in [-0.05, 0) is 46.1 Å². The second-order valence-electron chi connectivity index (χ2n) is 5.93. The van der Waals surface area contributed by atoms with Crippen LogP contribution >= 0.6 is 0 Å². The fraction of sp³-hybridized carbons (Fsp3) is 0.714. The van der Waals surface area contributed by atoms with Crippen LogP contribution in [0.1, 0.15) is 47.0 Å². The smallest absolute Gasteiger partial charge is 0.407 e. The van der Waals surface area contributed by atoms with Gasteiger partial charge in [0.25, 0.3) is 0 Å². The molecular weight excluding hydrogens is 230 g/mol. The van der Waals surface area contributed by atoms with Crippen molar-refractivity contribution in [1.82, 2.24) is 5.32 Å². The molecule has 0 aromatic rings. The van der Waals surface area contributed by atoms with Gasteiger partial charge in [0.05, 0.1) is 0 Å². The van der Waals surface area contributed by atoms with Gasteiger partial charge in [-0.3, -0.25) is 4.79 Å². The summed E-state index contributed by atoms with van der Waals surface area (Å²) in [5.74, 6) is -0.0939. The third-order valence-corrected chi connectivity index (χ3v) is 2.98. The van der Waals surface area contributed by atoms with E-state index in [1.165, 1.54) is 0 Å². The summed E-state index contributed by atoms with van der Waals surface area (Å²) in [6, 6.07) is -0.121. The molecule has 18 heavy (non-hydrogen) atoms. The second-order valence-corrected chi connectivity index (χ2v) is 5.93. The summed E-state index contributed by atoms with van der Waals surface area (Å²) < 4.78 is 5.20. The molecule has 1 saturated carbocycles. The lowest BCUT2D eigenvalue weighted by Gasteiger charge is -2.24. The number of nitrogens with one attached hydrogen (secondary N) is 1. The maximum Gasteiger partial charge on any atom is 0.407 e. The average Bonchev–Trinajstić information content (AvgIpc) is 2.61. The van der Waals surface area contributed by atoms with Crippen molar-refractivity contribution in [1.29, 1.82) is 0 Å². The third kappa shape index (κ3) is 4.17. The average molecular weight is 253 g/mol. The minimum absolute atomic E-state index is 0.0496. The van der Waals surface area contributed by atoms with Crippen molar-refractivity contribution in [2.45, 2.75) is 58.6 Å². The zero-order valence-electron chi connectivity index (χ0n) is 11.7. The lowest BCUT2D eigenvalue weighted by atomic mass is 9.94. The Morgan fingerprint density at radius 3 is 2.39 bits per heavy atom. The number of Topliss-reactive ketones (excluding diaryl/α,β-unsaturated/α-hetero) is 1. The van der Waals surface area contributed by atoms with Crippen LogP contribution in [0, 0.1) is 5.92 Å². The van der Waals surface area contributed by atoms with Crippen molar-refractivity contribution < 1.29 is 14.3 Å². The molecule has 0 aromatic carbocycles. The Morgan fingerprint density at radius 2 is 1.89 bits per heavy atom. The van der Waals surface area contributed by atoms with Gasteiger partial charge in [-0.1, -0.05) is 13.0 Å². The molecule has 0 unspecified atom stereocenters. The highest BCUT2D eigenvalue weighted by atomic mass is 16.6. The number of carbonyl (C=O) groups is 2. The predicted molar refractivity (Wildman–Crippen MR) is 70.3 cm³/mol. The van der Waals surface area contributed by atoms with Gasteiger partial charge >= 0.3 is 6.09 Å². The Labute approximate surface area is 109 Å². The molecule has 4 heteroatoms. The van der Waals surface area contributed by atoms with Crippen molar-refractivity contribution in [3.8, 4) is 0 Å². The molecule has 0 bridgehead atoms. The van der Waals surface area contributed by atoms with E-state index in [9.17, 15) is 9.59 Å². The molecule has 1 N–H and O–H groups in total. The van der Waals surface area contributed by atoms with E-state index in [1.54, 1.807) is 6.92 Å².